The largest absolute Gasteiger partial charge is 0.298 e. The van der Waals surface area contributed by atoms with Crippen LogP contribution in [0.2, 0.25) is 0 Å². The molecule has 0 bridgehead atoms. The van der Waals surface area contributed by atoms with Crippen LogP contribution in [0.4, 0.5) is 4.39 Å². The fourth-order valence-corrected chi connectivity index (χ4v) is 2.21. The minimum absolute atomic E-state index is 0.360. The summed E-state index contributed by atoms with van der Waals surface area (Å²) >= 11 is 0. The molecule has 0 fully saturated rings. The summed E-state index contributed by atoms with van der Waals surface area (Å²) in [5.74, 6) is -0.360. The molecule has 0 saturated carbocycles. The van der Waals surface area contributed by atoms with Gasteiger partial charge in [-0.05, 0) is 40.8 Å². The Morgan fingerprint density at radius 2 is 1.95 bits per heavy atom. The maximum atomic E-state index is 13.4. The average molecular weight is 251 g/mol. The van der Waals surface area contributed by atoms with Crippen molar-refractivity contribution in [1.82, 2.24) is 4.98 Å². The van der Waals surface area contributed by atoms with Crippen LogP contribution in [0.5, 0.6) is 0 Å². The van der Waals surface area contributed by atoms with Crippen LogP contribution in [0, 0.1) is 5.82 Å². The van der Waals surface area contributed by atoms with Crippen molar-refractivity contribution in [2.75, 3.05) is 0 Å². The van der Waals surface area contributed by atoms with Gasteiger partial charge in [0.2, 0.25) is 0 Å². The van der Waals surface area contributed by atoms with Crippen LogP contribution in [-0.4, -0.2) is 11.3 Å². The molecule has 0 radical (unpaired) electrons. The molecule has 0 unspecified atom stereocenters. The van der Waals surface area contributed by atoms with Crippen molar-refractivity contribution < 1.29 is 9.18 Å². The summed E-state index contributed by atoms with van der Waals surface area (Å²) < 4.78 is 13.4. The standard InChI is InChI=1S/C16H10FNO/c17-13-5-4-12(10-19)15(8-13)14-3-1-2-11-6-7-18-9-16(11)14/h1-10H. The number of nitrogens with zero attached hydrogens (tertiary/aromatic N) is 1. The molecule has 0 aliphatic heterocycles. The van der Waals surface area contributed by atoms with Gasteiger partial charge in [-0.15, -0.1) is 0 Å². The number of hydrogen-bond donors (Lipinski definition) is 0. The quantitative estimate of drug-likeness (QED) is 0.647. The second-order valence-corrected chi connectivity index (χ2v) is 4.25. The molecule has 0 spiro atoms. The topological polar surface area (TPSA) is 30.0 Å². The molecule has 0 aliphatic carbocycles. The fourth-order valence-electron chi connectivity index (χ4n) is 2.21. The summed E-state index contributed by atoms with van der Waals surface area (Å²) in [6.07, 6.45) is 4.17. The average Bonchev–Trinajstić information content (AvgIpc) is 2.46. The van der Waals surface area contributed by atoms with Crippen molar-refractivity contribution in [1.29, 1.82) is 0 Å². The van der Waals surface area contributed by atoms with E-state index in [1.165, 1.54) is 18.2 Å². The van der Waals surface area contributed by atoms with Gasteiger partial charge in [-0.2, -0.15) is 0 Å². The summed E-state index contributed by atoms with van der Waals surface area (Å²) in [7, 11) is 0. The monoisotopic (exact) mass is 251 g/mol. The molecule has 3 rings (SSSR count). The highest BCUT2D eigenvalue weighted by Gasteiger charge is 2.09. The fraction of sp³-hybridized carbons (Fsp3) is 0. The highest BCUT2D eigenvalue weighted by molar-refractivity contribution is 6.00. The zero-order chi connectivity index (χ0) is 13.2. The van der Waals surface area contributed by atoms with Crippen LogP contribution < -0.4 is 0 Å². The van der Waals surface area contributed by atoms with Gasteiger partial charge in [0.25, 0.3) is 0 Å². The second-order valence-electron chi connectivity index (χ2n) is 4.25. The summed E-state index contributed by atoms with van der Waals surface area (Å²) in [5, 5.41) is 1.91. The lowest BCUT2D eigenvalue weighted by atomic mass is 9.96. The lowest BCUT2D eigenvalue weighted by Crippen LogP contribution is -1.90. The third-order valence-corrected chi connectivity index (χ3v) is 3.12. The van der Waals surface area contributed by atoms with Crippen molar-refractivity contribution in [2.24, 2.45) is 0 Å². The van der Waals surface area contributed by atoms with Gasteiger partial charge in [0.1, 0.15) is 5.82 Å². The summed E-state index contributed by atoms with van der Waals surface area (Å²) in [6, 6.07) is 11.8. The number of fused-ring (bicyclic) bond motifs is 1. The van der Waals surface area contributed by atoms with Gasteiger partial charge in [0.15, 0.2) is 6.29 Å². The van der Waals surface area contributed by atoms with Gasteiger partial charge in [-0.1, -0.05) is 18.2 Å². The predicted molar refractivity (Wildman–Crippen MR) is 72.5 cm³/mol. The lowest BCUT2D eigenvalue weighted by Gasteiger charge is -2.08. The van der Waals surface area contributed by atoms with E-state index in [9.17, 15) is 9.18 Å². The number of aromatic nitrogens is 1. The Balaban J connectivity index is 2.36. The molecule has 0 aliphatic rings. The minimum atomic E-state index is -0.360. The van der Waals surface area contributed by atoms with Gasteiger partial charge >= 0.3 is 0 Å². The molecule has 3 aromatic rings. The molecular formula is C16H10FNO. The summed E-state index contributed by atoms with van der Waals surface area (Å²) in [4.78, 5) is 15.2. The molecule has 1 heterocycles. The van der Waals surface area contributed by atoms with E-state index < -0.39 is 0 Å². The lowest BCUT2D eigenvalue weighted by molar-refractivity contribution is 0.112. The van der Waals surface area contributed by atoms with Crippen LogP contribution >= 0.6 is 0 Å². The Morgan fingerprint density at radius 3 is 2.79 bits per heavy atom. The highest BCUT2D eigenvalue weighted by atomic mass is 19.1. The molecule has 0 amide bonds. The van der Waals surface area contributed by atoms with Crippen molar-refractivity contribution in [3.8, 4) is 11.1 Å². The Bertz CT molecular complexity index is 762. The van der Waals surface area contributed by atoms with Gasteiger partial charge in [-0.25, -0.2) is 4.39 Å². The predicted octanol–water partition coefficient (Wildman–Crippen LogP) is 3.85. The Labute approximate surface area is 109 Å². The first-order chi connectivity index (χ1) is 9.29. The van der Waals surface area contributed by atoms with E-state index in [0.29, 0.717) is 11.1 Å². The first kappa shape index (κ1) is 11.5. The van der Waals surface area contributed by atoms with E-state index in [1.807, 2.05) is 24.3 Å². The van der Waals surface area contributed by atoms with Crippen molar-refractivity contribution in [3.63, 3.8) is 0 Å². The Hall–Kier alpha value is -2.55. The molecule has 92 valence electrons. The normalized spacial score (nSPS) is 10.6. The van der Waals surface area contributed by atoms with Crippen molar-refractivity contribution >= 4 is 17.1 Å². The number of hydrogen-bond acceptors (Lipinski definition) is 2. The van der Waals surface area contributed by atoms with E-state index in [0.717, 1.165) is 22.6 Å². The Morgan fingerprint density at radius 1 is 1.05 bits per heavy atom. The molecule has 3 heteroatoms. The maximum absolute atomic E-state index is 13.4. The van der Waals surface area contributed by atoms with Gasteiger partial charge < -0.3 is 0 Å². The maximum Gasteiger partial charge on any atom is 0.150 e. The van der Waals surface area contributed by atoms with E-state index in [4.69, 9.17) is 0 Å². The van der Waals surface area contributed by atoms with Crippen LogP contribution in [0.3, 0.4) is 0 Å². The van der Waals surface area contributed by atoms with Gasteiger partial charge in [0.05, 0.1) is 0 Å². The zero-order valence-electron chi connectivity index (χ0n) is 10.0. The molecule has 19 heavy (non-hydrogen) atoms. The van der Waals surface area contributed by atoms with Crippen LogP contribution in [0.1, 0.15) is 10.4 Å². The van der Waals surface area contributed by atoms with Crippen molar-refractivity contribution in [2.45, 2.75) is 0 Å². The third kappa shape index (κ3) is 1.99. The number of aldehydes is 1. The number of halogens is 1. The molecule has 1 aromatic heterocycles. The third-order valence-electron chi connectivity index (χ3n) is 3.12. The molecular weight excluding hydrogens is 241 g/mol. The zero-order valence-corrected chi connectivity index (χ0v) is 10.0. The smallest absolute Gasteiger partial charge is 0.150 e. The number of pyridine rings is 1. The number of carbonyl (C=O) groups excluding carboxylic acids is 1. The van der Waals surface area contributed by atoms with Gasteiger partial charge in [0, 0.05) is 23.3 Å². The van der Waals surface area contributed by atoms with Crippen LogP contribution in [0.25, 0.3) is 21.9 Å². The van der Waals surface area contributed by atoms with Crippen molar-refractivity contribution in [3.05, 3.63) is 66.2 Å². The first-order valence-electron chi connectivity index (χ1n) is 5.87. The van der Waals surface area contributed by atoms with E-state index in [1.54, 1.807) is 12.4 Å². The highest BCUT2D eigenvalue weighted by Crippen LogP contribution is 2.30. The van der Waals surface area contributed by atoms with Gasteiger partial charge in [-0.3, -0.25) is 9.78 Å². The SMILES string of the molecule is O=Cc1ccc(F)cc1-c1cccc2ccncc12. The molecule has 0 atom stereocenters. The second kappa shape index (κ2) is 4.61. The molecule has 2 aromatic carbocycles. The van der Waals surface area contributed by atoms with Crippen LogP contribution in [0.15, 0.2) is 54.9 Å². The van der Waals surface area contributed by atoms with E-state index in [-0.39, 0.29) is 5.82 Å². The number of carbonyl (C=O) groups is 1. The summed E-state index contributed by atoms with van der Waals surface area (Å²) in [5.41, 5.74) is 1.87. The molecule has 0 saturated heterocycles. The summed E-state index contributed by atoms with van der Waals surface area (Å²) in [6.45, 7) is 0. The molecule has 0 N–H and O–H groups in total. The number of benzene rings is 2. The Kier molecular flexibility index (Phi) is 2.80. The number of rotatable bonds is 2. The minimum Gasteiger partial charge on any atom is -0.298 e. The van der Waals surface area contributed by atoms with Crippen LogP contribution in [-0.2, 0) is 0 Å². The first-order valence-corrected chi connectivity index (χ1v) is 5.87. The van der Waals surface area contributed by atoms with E-state index in [2.05, 4.69) is 4.98 Å². The van der Waals surface area contributed by atoms with E-state index >= 15 is 0 Å². The molecule has 2 nitrogen and oxygen atoms in total.